The standard InChI is InChI=1S/C33H35N7O10/c1-5-46-31-34-27-12-8-11-26(30(41)48-33(3,4)49-32(42)47-18-17-45-20-21(2)50-40(43)44)28(27)39(31)19-22-13-15-23(16-14-22)24-9-6-7-10-25(24)29-35-37-38-36-29/h6-16,21H,5,17-20H2,1-4H3,(H,35,36,37,38). The molecular weight excluding hydrogens is 654 g/mol. The third kappa shape index (κ3) is 8.87. The van der Waals surface area contributed by atoms with Gasteiger partial charge in [0.1, 0.15) is 12.7 Å². The van der Waals surface area contributed by atoms with Crippen LogP contribution in [0.3, 0.4) is 0 Å². The fourth-order valence-corrected chi connectivity index (χ4v) is 5.03. The van der Waals surface area contributed by atoms with Gasteiger partial charge in [-0.2, -0.15) is 10.2 Å². The van der Waals surface area contributed by atoms with Gasteiger partial charge in [-0.15, -0.1) is 20.3 Å². The molecule has 50 heavy (non-hydrogen) atoms. The number of fused-ring (bicyclic) bond motifs is 1. The molecule has 2 aromatic heterocycles. The van der Waals surface area contributed by atoms with Gasteiger partial charge in [-0.3, -0.25) is 4.57 Å². The maximum Gasteiger partial charge on any atom is 0.511 e. The van der Waals surface area contributed by atoms with Gasteiger partial charge in [-0.25, -0.2) is 9.59 Å². The van der Waals surface area contributed by atoms with Gasteiger partial charge in [0.05, 0.1) is 43.0 Å². The summed E-state index contributed by atoms with van der Waals surface area (Å²) in [5.41, 5.74) is 4.77. The van der Waals surface area contributed by atoms with Gasteiger partial charge in [-0.1, -0.05) is 54.6 Å². The molecule has 1 atom stereocenters. The zero-order chi connectivity index (χ0) is 35.7. The van der Waals surface area contributed by atoms with Crippen molar-refractivity contribution in [3.8, 4) is 28.5 Å². The monoisotopic (exact) mass is 689 g/mol. The lowest BCUT2D eigenvalue weighted by atomic mass is 9.98. The number of benzene rings is 3. The largest absolute Gasteiger partial charge is 0.511 e. The summed E-state index contributed by atoms with van der Waals surface area (Å²) in [6.07, 6.45) is -1.90. The van der Waals surface area contributed by atoms with E-state index >= 15 is 0 Å². The number of para-hydroxylation sites is 1. The van der Waals surface area contributed by atoms with E-state index in [9.17, 15) is 19.7 Å². The van der Waals surface area contributed by atoms with Crippen molar-refractivity contribution in [2.45, 2.75) is 46.1 Å². The minimum atomic E-state index is -1.72. The van der Waals surface area contributed by atoms with E-state index in [0.717, 1.165) is 22.3 Å². The maximum atomic E-state index is 13.6. The lowest BCUT2D eigenvalue weighted by molar-refractivity contribution is -0.768. The Morgan fingerprint density at radius 2 is 1.76 bits per heavy atom. The Morgan fingerprint density at radius 3 is 2.46 bits per heavy atom. The number of carbonyl (C=O) groups is 2. The summed E-state index contributed by atoms with van der Waals surface area (Å²) in [5, 5.41) is 23.8. The first-order valence-corrected chi connectivity index (χ1v) is 15.6. The zero-order valence-corrected chi connectivity index (χ0v) is 27.7. The van der Waals surface area contributed by atoms with Crippen molar-refractivity contribution in [1.29, 1.82) is 0 Å². The quantitative estimate of drug-likeness (QED) is 0.0477. The Kier molecular flexibility index (Phi) is 11.2. The van der Waals surface area contributed by atoms with Gasteiger partial charge >= 0.3 is 12.1 Å². The smallest absolute Gasteiger partial charge is 0.465 e. The van der Waals surface area contributed by atoms with Crippen LogP contribution in [0.15, 0.2) is 66.7 Å². The van der Waals surface area contributed by atoms with Gasteiger partial charge in [0.15, 0.2) is 0 Å². The van der Waals surface area contributed by atoms with Crippen molar-refractivity contribution >= 4 is 23.2 Å². The predicted octanol–water partition coefficient (Wildman–Crippen LogP) is 4.99. The van der Waals surface area contributed by atoms with Gasteiger partial charge in [0, 0.05) is 19.4 Å². The summed E-state index contributed by atoms with van der Waals surface area (Å²) in [5.74, 6) is -2.00. The molecule has 17 nitrogen and oxygen atoms in total. The van der Waals surface area contributed by atoms with Crippen molar-refractivity contribution in [2.75, 3.05) is 26.4 Å². The first-order chi connectivity index (χ1) is 24.0. The number of nitrogens with zero attached hydrogens (tertiary/aromatic N) is 6. The van der Waals surface area contributed by atoms with Crippen LogP contribution in [0.25, 0.3) is 33.5 Å². The number of nitrogens with one attached hydrogen (secondary N) is 1. The Morgan fingerprint density at radius 1 is 1.00 bits per heavy atom. The zero-order valence-electron chi connectivity index (χ0n) is 27.7. The molecule has 1 unspecified atom stereocenters. The van der Waals surface area contributed by atoms with E-state index in [1.807, 2.05) is 55.5 Å². The van der Waals surface area contributed by atoms with E-state index in [2.05, 4.69) is 30.4 Å². The molecule has 0 saturated heterocycles. The molecule has 1 N–H and O–H groups in total. The minimum Gasteiger partial charge on any atom is -0.465 e. The molecule has 5 aromatic rings. The molecule has 5 rings (SSSR count). The number of imidazole rings is 1. The van der Waals surface area contributed by atoms with Gasteiger partial charge in [0.25, 0.3) is 16.9 Å². The molecule has 0 spiro atoms. The highest BCUT2D eigenvalue weighted by Gasteiger charge is 2.31. The summed E-state index contributed by atoms with van der Waals surface area (Å²) in [7, 11) is 0. The highest BCUT2D eigenvalue weighted by Crippen LogP contribution is 2.31. The van der Waals surface area contributed by atoms with E-state index in [4.69, 9.17) is 23.7 Å². The van der Waals surface area contributed by atoms with Crippen LogP contribution in [0.2, 0.25) is 0 Å². The van der Waals surface area contributed by atoms with Crippen LogP contribution in [-0.4, -0.2) is 85.7 Å². The Bertz CT molecular complexity index is 1930. The predicted molar refractivity (Wildman–Crippen MR) is 175 cm³/mol. The third-order valence-corrected chi connectivity index (χ3v) is 7.08. The fourth-order valence-electron chi connectivity index (χ4n) is 5.03. The van der Waals surface area contributed by atoms with Crippen LogP contribution < -0.4 is 4.74 Å². The molecule has 0 aliphatic carbocycles. The van der Waals surface area contributed by atoms with Crippen LogP contribution in [0, 0.1) is 10.1 Å². The number of aromatic amines is 1. The normalized spacial score (nSPS) is 11.9. The van der Waals surface area contributed by atoms with Crippen molar-refractivity contribution < 1.29 is 43.2 Å². The van der Waals surface area contributed by atoms with E-state index in [1.165, 1.54) is 20.8 Å². The SMILES string of the molecule is CCOc1nc2cccc(C(=O)OC(C)(C)OC(=O)OCCOCC(C)O[N+](=O)[O-])c2n1Cc1ccc(-c2ccccc2-c2nn[nH]n2)cc1. The molecule has 3 aromatic carbocycles. The maximum absolute atomic E-state index is 13.6. The lowest BCUT2D eigenvalue weighted by Crippen LogP contribution is -2.34. The number of carbonyl (C=O) groups excluding carboxylic acids is 2. The van der Waals surface area contributed by atoms with Gasteiger partial charge < -0.3 is 28.5 Å². The number of H-pyrrole nitrogens is 1. The van der Waals surface area contributed by atoms with E-state index < -0.39 is 29.1 Å². The number of rotatable bonds is 16. The van der Waals surface area contributed by atoms with Crippen molar-refractivity contribution in [3.05, 3.63) is 88.0 Å². The molecule has 0 fully saturated rings. The number of aromatic nitrogens is 6. The number of hydrogen-bond donors (Lipinski definition) is 1. The summed E-state index contributed by atoms with van der Waals surface area (Å²) >= 11 is 0. The van der Waals surface area contributed by atoms with Crippen LogP contribution in [0.1, 0.15) is 43.6 Å². The Balaban J connectivity index is 1.29. The molecule has 262 valence electrons. The van der Waals surface area contributed by atoms with Crippen molar-refractivity contribution in [3.63, 3.8) is 0 Å². The fraction of sp³-hybridized carbons (Fsp3) is 0.333. The van der Waals surface area contributed by atoms with Gasteiger partial charge in [-0.05, 0) is 47.9 Å². The summed E-state index contributed by atoms with van der Waals surface area (Å²) < 4.78 is 28.7. The Hall–Kier alpha value is -6.10. The average molecular weight is 690 g/mol. The first-order valence-electron chi connectivity index (χ1n) is 15.6. The van der Waals surface area contributed by atoms with Crippen molar-refractivity contribution in [2.24, 2.45) is 0 Å². The highest BCUT2D eigenvalue weighted by atomic mass is 17.0. The van der Waals surface area contributed by atoms with E-state index in [-0.39, 0.29) is 25.4 Å². The molecule has 0 radical (unpaired) electrons. The number of hydrogen-bond acceptors (Lipinski definition) is 14. The number of esters is 1. The lowest BCUT2D eigenvalue weighted by Gasteiger charge is -2.24. The molecule has 0 aliphatic rings. The molecule has 0 aliphatic heterocycles. The van der Waals surface area contributed by atoms with E-state index in [1.54, 1.807) is 22.8 Å². The second-order valence-corrected chi connectivity index (χ2v) is 11.3. The van der Waals surface area contributed by atoms with E-state index in [0.29, 0.717) is 36.0 Å². The first kappa shape index (κ1) is 35.2. The van der Waals surface area contributed by atoms with Crippen molar-refractivity contribution in [1.82, 2.24) is 30.2 Å². The van der Waals surface area contributed by atoms with Crippen LogP contribution in [0.5, 0.6) is 6.01 Å². The summed E-state index contributed by atoms with van der Waals surface area (Å²) in [6, 6.07) is 21.0. The topological polar surface area (TPSA) is 205 Å². The second kappa shape index (κ2) is 15.9. The van der Waals surface area contributed by atoms with Gasteiger partial charge in [0.2, 0.25) is 5.82 Å². The molecule has 17 heteroatoms. The van der Waals surface area contributed by atoms with Crippen LogP contribution >= 0.6 is 0 Å². The third-order valence-electron chi connectivity index (χ3n) is 7.08. The summed E-state index contributed by atoms with van der Waals surface area (Å²) in [4.78, 5) is 45.2. The molecule has 0 bridgehead atoms. The average Bonchev–Trinajstić information content (AvgIpc) is 3.73. The molecule has 2 heterocycles. The molecular formula is C33H35N7O10. The second-order valence-electron chi connectivity index (χ2n) is 11.3. The number of tetrazole rings is 1. The number of ether oxygens (including phenoxy) is 5. The van der Waals surface area contributed by atoms with Crippen LogP contribution in [0.4, 0.5) is 4.79 Å². The summed E-state index contributed by atoms with van der Waals surface area (Å²) in [6.45, 7) is 6.37. The van der Waals surface area contributed by atoms with Crippen LogP contribution in [-0.2, 0) is 30.3 Å². The molecule has 0 saturated carbocycles. The molecule has 0 amide bonds. The highest BCUT2D eigenvalue weighted by molar-refractivity contribution is 6.02. The Labute approximate surface area is 285 Å². The minimum absolute atomic E-state index is 0.0643.